The molecular weight excluding hydrogens is 241 g/mol. The molecule has 0 saturated heterocycles. The van der Waals surface area contributed by atoms with Crippen molar-refractivity contribution in [2.75, 3.05) is 13.3 Å². The molecule has 4 heteroatoms. The molecule has 2 nitrogen and oxygen atoms in total. The van der Waals surface area contributed by atoms with Crippen molar-refractivity contribution in [3.63, 3.8) is 0 Å². The minimum atomic E-state index is -0.361. The fourth-order valence-corrected chi connectivity index (χ4v) is 1.62. The predicted octanol–water partition coefficient (Wildman–Crippen LogP) is 3.58. The molecule has 1 aromatic rings. The van der Waals surface area contributed by atoms with Crippen molar-refractivity contribution in [1.29, 1.82) is 0 Å². The highest BCUT2D eigenvalue weighted by Crippen LogP contribution is 2.26. The molecule has 0 spiro atoms. The van der Waals surface area contributed by atoms with Gasteiger partial charge in [0.1, 0.15) is 5.75 Å². The summed E-state index contributed by atoms with van der Waals surface area (Å²) in [5, 5.41) is 3.97. The molecule has 0 fully saturated rings. The summed E-state index contributed by atoms with van der Waals surface area (Å²) in [6.45, 7) is 4.81. The Morgan fingerprint density at radius 3 is 2.82 bits per heavy atom. The zero-order valence-electron chi connectivity index (χ0n) is 10.3. The van der Waals surface area contributed by atoms with Crippen LogP contribution < -0.4 is 10.1 Å². The first kappa shape index (κ1) is 14.3. The summed E-state index contributed by atoms with van der Waals surface area (Å²) in [5.41, 5.74) is 0.932. The number of hydrogen-bond donors (Lipinski definition) is 1. The minimum Gasteiger partial charge on any atom is -0.493 e. The first-order valence-corrected chi connectivity index (χ1v) is 6.22. The molecule has 96 valence electrons. The largest absolute Gasteiger partial charge is 0.493 e. The van der Waals surface area contributed by atoms with E-state index in [1.165, 1.54) is 0 Å². The highest BCUT2D eigenvalue weighted by Gasteiger charge is 2.08. The van der Waals surface area contributed by atoms with Crippen LogP contribution in [0.1, 0.15) is 25.8 Å². The fraction of sp³-hybridized carbons (Fsp3) is 0.538. The van der Waals surface area contributed by atoms with E-state index in [-0.39, 0.29) is 6.67 Å². The summed E-state index contributed by atoms with van der Waals surface area (Å²) in [4.78, 5) is 0. The summed E-state index contributed by atoms with van der Waals surface area (Å²) < 4.78 is 17.5. The summed E-state index contributed by atoms with van der Waals surface area (Å²) >= 11 is 6.13. The quantitative estimate of drug-likeness (QED) is 0.756. The van der Waals surface area contributed by atoms with Gasteiger partial charge in [-0.05, 0) is 12.1 Å². The Morgan fingerprint density at radius 1 is 1.41 bits per heavy atom. The van der Waals surface area contributed by atoms with E-state index < -0.39 is 0 Å². The van der Waals surface area contributed by atoms with Crippen LogP contribution in [0.3, 0.4) is 0 Å². The Morgan fingerprint density at radius 2 is 2.18 bits per heavy atom. The molecule has 1 aromatic carbocycles. The second-order valence-corrected chi connectivity index (χ2v) is 4.55. The molecule has 0 aliphatic heterocycles. The third-order valence-corrected chi connectivity index (χ3v) is 2.65. The van der Waals surface area contributed by atoms with Crippen molar-refractivity contribution in [2.24, 2.45) is 0 Å². The molecule has 1 rings (SSSR count). The van der Waals surface area contributed by atoms with E-state index in [1.54, 1.807) is 0 Å². The Hall–Kier alpha value is -0.800. The normalized spacial score (nSPS) is 10.9. The molecule has 0 saturated carbocycles. The van der Waals surface area contributed by atoms with Crippen LogP contribution in [-0.4, -0.2) is 19.3 Å². The highest BCUT2D eigenvalue weighted by atomic mass is 35.5. The predicted molar refractivity (Wildman–Crippen MR) is 69.5 cm³/mol. The van der Waals surface area contributed by atoms with E-state index in [9.17, 15) is 4.39 Å². The number of halogens is 2. The van der Waals surface area contributed by atoms with Crippen molar-refractivity contribution in [2.45, 2.75) is 32.9 Å². The summed E-state index contributed by atoms with van der Waals surface area (Å²) in [5.74, 6) is 0.735. The third-order valence-electron chi connectivity index (χ3n) is 2.30. The smallest absolute Gasteiger partial charge is 0.125 e. The van der Waals surface area contributed by atoms with Crippen molar-refractivity contribution >= 4 is 11.6 Å². The molecule has 0 unspecified atom stereocenters. The summed E-state index contributed by atoms with van der Waals surface area (Å²) in [7, 11) is 0. The van der Waals surface area contributed by atoms with E-state index in [1.807, 2.05) is 18.2 Å². The van der Waals surface area contributed by atoms with Gasteiger partial charge in [0.05, 0.1) is 13.3 Å². The molecule has 1 N–H and O–H groups in total. The van der Waals surface area contributed by atoms with Crippen molar-refractivity contribution in [3.8, 4) is 5.75 Å². The molecule has 0 radical (unpaired) electrons. The minimum absolute atomic E-state index is 0.361. The maximum Gasteiger partial charge on any atom is 0.125 e. The topological polar surface area (TPSA) is 21.3 Å². The standard InChI is InChI=1S/C13H19ClFNO/c1-10(2)16-9-11-12(14)5-3-6-13(11)17-8-4-7-15/h3,5-6,10,16H,4,7-9H2,1-2H3. The lowest BCUT2D eigenvalue weighted by atomic mass is 10.2. The summed E-state index contributed by atoms with van der Waals surface area (Å²) in [6.07, 6.45) is 0.406. The van der Waals surface area contributed by atoms with Gasteiger partial charge in [0.15, 0.2) is 0 Å². The average molecular weight is 260 g/mol. The Balaban J connectivity index is 2.69. The first-order valence-electron chi connectivity index (χ1n) is 5.84. The number of hydrogen-bond acceptors (Lipinski definition) is 2. The molecular formula is C13H19ClFNO. The van der Waals surface area contributed by atoms with E-state index in [0.29, 0.717) is 30.6 Å². The lowest BCUT2D eigenvalue weighted by molar-refractivity contribution is 0.286. The van der Waals surface area contributed by atoms with Gasteiger partial charge in [0, 0.05) is 29.6 Å². The van der Waals surface area contributed by atoms with E-state index in [4.69, 9.17) is 16.3 Å². The average Bonchev–Trinajstić information content (AvgIpc) is 2.28. The highest BCUT2D eigenvalue weighted by molar-refractivity contribution is 6.31. The number of nitrogens with one attached hydrogen (secondary N) is 1. The molecule has 0 bridgehead atoms. The maximum atomic E-state index is 12.0. The lowest BCUT2D eigenvalue weighted by Crippen LogP contribution is -2.22. The van der Waals surface area contributed by atoms with Gasteiger partial charge in [-0.1, -0.05) is 31.5 Å². The van der Waals surface area contributed by atoms with Crippen LogP contribution in [0, 0.1) is 0 Å². The molecule has 0 heterocycles. The van der Waals surface area contributed by atoms with Crippen LogP contribution in [0.15, 0.2) is 18.2 Å². The van der Waals surface area contributed by atoms with E-state index in [0.717, 1.165) is 11.3 Å². The van der Waals surface area contributed by atoms with Crippen LogP contribution in [0.5, 0.6) is 5.75 Å². The molecule has 0 aliphatic rings. The molecule has 17 heavy (non-hydrogen) atoms. The summed E-state index contributed by atoms with van der Waals surface area (Å²) in [6, 6.07) is 5.92. The second kappa shape index (κ2) is 7.51. The lowest BCUT2D eigenvalue weighted by Gasteiger charge is -2.14. The van der Waals surface area contributed by atoms with Crippen LogP contribution in [0.25, 0.3) is 0 Å². The number of benzene rings is 1. The number of ether oxygens (including phenoxy) is 1. The van der Waals surface area contributed by atoms with Crippen molar-refractivity contribution < 1.29 is 9.13 Å². The number of alkyl halides is 1. The Labute approximate surface area is 107 Å². The monoisotopic (exact) mass is 259 g/mol. The van der Waals surface area contributed by atoms with Crippen LogP contribution in [-0.2, 0) is 6.54 Å². The van der Waals surface area contributed by atoms with Gasteiger partial charge in [-0.25, -0.2) is 0 Å². The van der Waals surface area contributed by atoms with E-state index in [2.05, 4.69) is 19.2 Å². The van der Waals surface area contributed by atoms with Crippen LogP contribution in [0.4, 0.5) is 4.39 Å². The molecule has 0 amide bonds. The first-order chi connectivity index (χ1) is 8.15. The SMILES string of the molecule is CC(C)NCc1c(Cl)cccc1OCCCF. The second-order valence-electron chi connectivity index (χ2n) is 4.14. The zero-order valence-corrected chi connectivity index (χ0v) is 11.1. The fourth-order valence-electron chi connectivity index (χ4n) is 1.39. The number of rotatable bonds is 7. The Bertz CT molecular complexity index is 344. The Kier molecular flexibility index (Phi) is 6.30. The molecule has 0 aromatic heterocycles. The van der Waals surface area contributed by atoms with Gasteiger partial charge in [-0.2, -0.15) is 0 Å². The molecule has 0 aliphatic carbocycles. The van der Waals surface area contributed by atoms with Gasteiger partial charge in [-0.15, -0.1) is 0 Å². The van der Waals surface area contributed by atoms with Crippen LogP contribution >= 0.6 is 11.6 Å². The van der Waals surface area contributed by atoms with E-state index >= 15 is 0 Å². The van der Waals surface area contributed by atoms with Gasteiger partial charge in [0.2, 0.25) is 0 Å². The maximum absolute atomic E-state index is 12.0. The molecule has 0 atom stereocenters. The van der Waals surface area contributed by atoms with Gasteiger partial charge in [-0.3, -0.25) is 4.39 Å². The van der Waals surface area contributed by atoms with Crippen molar-refractivity contribution in [3.05, 3.63) is 28.8 Å². The third kappa shape index (κ3) is 4.92. The van der Waals surface area contributed by atoms with Crippen LogP contribution in [0.2, 0.25) is 5.02 Å². The van der Waals surface area contributed by atoms with Crippen molar-refractivity contribution in [1.82, 2.24) is 5.32 Å². The van der Waals surface area contributed by atoms with Gasteiger partial charge < -0.3 is 10.1 Å². The zero-order chi connectivity index (χ0) is 12.7. The van der Waals surface area contributed by atoms with Gasteiger partial charge >= 0.3 is 0 Å². The van der Waals surface area contributed by atoms with Gasteiger partial charge in [0.25, 0.3) is 0 Å².